The average molecular weight is 210 g/mol. The largest absolute Gasteiger partial charge is 0.466 e. The maximum absolute atomic E-state index is 11.1. The number of rotatable bonds is 5. The summed E-state index contributed by atoms with van der Waals surface area (Å²) in [5.41, 5.74) is 0. The van der Waals surface area contributed by atoms with Gasteiger partial charge >= 0.3 is 13.6 Å². The molecule has 6 heteroatoms. The summed E-state index contributed by atoms with van der Waals surface area (Å²) in [5.74, 6) is -1.23. The van der Waals surface area contributed by atoms with Crippen LogP contribution in [0.2, 0.25) is 0 Å². The lowest BCUT2D eigenvalue weighted by atomic mass is 10.1. The summed E-state index contributed by atoms with van der Waals surface area (Å²) in [5, 5.41) is 0. The molecule has 1 atom stereocenters. The van der Waals surface area contributed by atoms with Gasteiger partial charge in [0, 0.05) is 0 Å². The maximum Gasteiger partial charge on any atom is 0.326 e. The summed E-state index contributed by atoms with van der Waals surface area (Å²) in [7, 11) is -4.12. The zero-order valence-corrected chi connectivity index (χ0v) is 8.66. The molecule has 0 aliphatic heterocycles. The van der Waals surface area contributed by atoms with Crippen molar-refractivity contribution >= 4 is 13.6 Å². The predicted octanol–water partition coefficient (Wildman–Crippen LogP) is 0.753. The summed E-state index contributed by atoms with van der Waals surface area (Å²) in [6.07, 6.45) is -0.0493. The van der Waals surface area contributed by atoms with Gasteiger partial charge in [0.05, 0.1) is 18.7 Å². The van der Waals surface area contributed by atoms with Crippen molar-refractivity contribution in [1.29, 1.82) is 0 Å². The first-order chi connectivity index (χ1) is 5.90. The molecular formula is C7H15O5P. The molecule has 0 heterocycles. The van der Waals surface area contributed by atoms with E-state index in [1.54, 1.807) is 13.8 Å². The molecular weight excluding hydrogens is 195 g/mol. The van der Waals surface area contributed by atoms with E-state index in [-0.39, 0.29) is 6.61 Å². The van der Waals surface area contributed by atoms with Gasteiger partial charge in [-0.3, -0.25) is 9.36 Å². The van der Waals surface area contributed by atoms with E-state index in [4.69, 9.17) is 9.79 Å². The molecule has 0 aliphatic carbocycles. The summed E-state index contributed by atoms with van der Waals surface area (Å²) in [6.45, 7) is 3.58. The van der Waals surface area contributed by atoms with E-state index in [2.05, 4.69) is 4.74 Å². The molecule has 0 aromatic carbocycles. The maximum atomic E-state index is 11.1. The molecule has 0 aromatic heterocycles. The van der Waals surface area contributed by atoms with Crippen LogP contribution in [0, 0.1) is 5.92 Å². The third kappa shape index (κ3) is 5.80. The highest BCUT2D eigenvalue weighted by molar-refractivity contribution is 7.51. The third-order valence-electron chi connectivity index (χ3n) is 1.57. The van der Waals surface area contributed by atoms with Crippen molar-refractivity contribution < 1.29 is 23.9 Å². The molecule has 0 saturated carbocycles. The molecule has 0 rings (SSSR count). The Kier molecular flexibility index (Phi) is 5.21. The molecule has 0 bridgehead atoms. The van der Waals surface area contributed by atoms with E-state index >= 15 is 0 Å². The molecule has 13 heavy (non-hydrogen) atoms. The summed E-state index contributed by atoms with van der Waals surface area (Å²) in [4.78, 5) is 28.4. The molecule has 0 aliphatic rings. The van der Waals surface area contributed by atoms with Crippen molar-refractivity contribution in [3.05, 3.63) is 0 Å². The van der Waals surface area contributed by atoms with Gasteiger partial charge in [-0.05, 0) is 13.3 Å². The number of esters is 1. The van der Waals surface area contributed by atoms with Crippen LogP contribution in [-0.4, -0.2) is 28.5 Å². The smallest absolute Gasteiger partial charge is 0.326 e. The zero-order chi connectivity index (χ0) is 10.5. The lowest BCUT2D eigenvalue weighted by Gasteiger charge is -2.13. The Morgan fingerprint density at radius 2 is 2.00 bits per heavy atom. The second-order valence-corrected chi connectivity index (χ2v) is 4.40. The summed E-state index contributed by atoms with van der Waals surface area (Å²) in [6, 6.07) is 0. The van der Waals surface area contributed by atoms with Crippen molar-refractivity contribution in [3.63, 3.8) is 0 Å². The minimum absolute atomic E-state index is 0.233. The minimum Gasteiger partial charge on any atom is -0.466 e. The van der Waals surface area contributed by atoms with Gasteiger partial charge in [0.1, 0.15) is 0 Å². The Bertz CT molecular complexity index is 209. The standard InChI is InChI=1S/C7H15O5P/c1-3-6(5-13(9,10)11)7(8)12-4-2/h6H,3-5H2,1-2H3,(H2,9,10,11). The lowest BCUT2D eigenvalue weighted by molar-refractivity contribution is -0.147. The van der Waals surface area contributed by atoms with Crippen molar-refractivity contribution in [2.45, 2.75) is 20.3 Å². The Balaban J connectivity index is 4.18. The average Bonchev–Trinajstić information content (AvgIpc) is 1.99. The molecule has 0 spiro atoms. The van der Waals surface area contributed by atoms with Crippen molar-refractivity contribution in [3.8, 4) is 0 Å². The molecule has 5 nitrogen and oxygen atoms in total. The first-order valence-electron chi connectivity index (χ1n) is 4.12. The third-order valence-corrected chi connectivity index (χ3v) is 2.49. The van der Waals surface area contributed by atoms with Crippen LogP contribution in [0.25, 0.3) is 0 Å². The van der Waals surface area contributed by atoms with Gasteiger partial charge in [0.15, 0.2) is 0 Å². The molecule has 0 amide bonds. The van der Waals surface area contributed by atoms with Crippen molar-refractivity contribution in [1.82, 2.24) is 0 Å². The van der Waals surface area contributed by atoms with E-state index in [1.165, 1.54) is 0 Å². The van der Waals surface area contributed by atoms with Gasteiger partial charge in [0.2, 0.25) is 0 Å². The monoisotopic (exact) mass is 210 g/mol. The predicted molar refractivity (Wildman–Crippen MR) is 47.3 cm³/mol. The number of carbonyl (C=O) groups is 1. The lowest BCUT2D eigenvalue weighted by Crippen LogP contribution is -2.20. The van der Waals surface area contributed by atoms with Crippen LogP contribution in [-0.2, 0) is 14.1 Å². The SMILES string of the molecule is CCOC(=O)C(CC)CP(=O)(O)O. The number of ether oxygens (including phenoxy) is 1. The fourth-order valence-electron chi connectivity index (χ4n) is 0.918. The Labute approximate surface area is 77.3 Å². The first kappa shape index (κ1) is 12.6. The van der Waals surface area contributed by atoms with E-state index in [1.807, 2.05) is 0 Å². The van der Waals surface area contributed by atoms with Gasteiger partial charge in [-0.15, -0.1) is 0 Å². The Hall–Kier alpha value is -0.380. The van der Waals surface area contributed by atoms with Gasteiger partial charge in [-0.25, -0.2) is 0 Å². The minimum atomic E-state index is -4.12. The van der Waals surface area contributed by atoms with Crippen molar-refractivity contribution in [2.24, 2.45) is 5.92 Å². The van der Waals surface area contributed by atoms with Gasteiger partial charge in [-0.2, -0.15) is 0 Å². The Morgan fingerprint density at radius 1 is 1.46 bits per heavy atom. The molecule has 0 aromatic rings. The Morgan fingerprint density at radius 3 is 2.31 bits per heavy atom. The van der Waals surface area contributed by atoms with Crippen LogP contribution in [0.4, 0.5) is 0 Å². The van der Waals surface area contributed by atoms with Crippen LogP contribution in [0.5, 0.6) is 0 Å². The van der Waals surface area contributed by atoms with Crippen LogP contribution < -0.4 is 0 Å². The van der Waals surface area contributed by atoms with Gasteiger partial charge in [-0.1, -0.05) is 6.92 Å². The summed E-state index contributed by atoms with van der Waals surface area (Å²) < 4.78 is 15.3. The molecule has 2 N–H and O–H groups in total. The normalized spacial score (nSPS) is 13.8. The quantitative estimate of drug-likeness (QED) is 0.516. The molecule has 0 radical (unpaired) electrons. The fourth-order valence-corrected chi connectivity index (χ4v) is 1.90. The van der Waals surface area contributed by atoms with E-state index in [9.17, 15) is 9.36 Å². The number of hydrogen-bond acceptors (Lipinski definition) is 3. The van der Waals surface area contributed by atoms with Gasteiger partial charge in [0.25, 0.3) is 0 Å². The van der Waals surface area contributed by atoms with Crippen molar-refractivity contribution in [2.75, 3.05) is 12.8 Å². The van der Waals surface area contributed by atoms with Crippen LogP contribution in [0.1, 0.15) is 20.3 Å². The molecule has 0 saturated heterocycles. The topological polar surface area (TPSA) is 83.8 Å². The van der Waals surface area contributed by atoms with Crippen LogP contribution in [0.3, 0.4) is 0 Å². The van der Waals surface area contributed by atoms with E-state index < -0.39 is 25.6 Å². The molecule has 0 fully saturated rings. The summed E-state index contributed by atoms with van der Waals surface area (Å²) >= 11 is 0. The number of carbonyl (C=O) groups excluding carboxylic acids is 1. The van der Waals surface area contributed by atoms with Crippen LogP contribution in [0.15, 0.2) is 0 Å². The number of hydrogen-bond donors (Lipinski definition) is 2. The molecule has 78 valence electrons. The highest BCUT2D eigenvalue weighted by atomic mass is 31.2. The highest BCUT2D eigenvalue weighted by Gasteiger charge is 2.26. The second kappa shape index (κ2) is 5.37. The second-order valence-electron chi connectivity index (χ2n) is 2.70. The van der Waals surface area contributed by atoms with E-state index in [0.717, 1.165) is 0 Å². The first-order valence-corrected chi connectivity index (χ1v) is 5.91. The van der Waals surface area contributed by atoms with E-state index in [0.29, 0.717) is 6.42 Å². The highest BCUT2D eigenvalue weighted by Crippen LogP contribution is 2.37. The zero-order valence-electron chi connectivity index (χ0n) is 7.77. The van der Waals surface area contributed by atoms with Gasteiger partial charge < -0.3 is 14.5 Å². The molecule has 1 unspecified atom stereocenters. The van der Waals surface area contributed by atoms with Crippen LogP contribution >= 0.6 is 7.60 Å². The fraction of sp³-hybridized carbons (Fsp3) is 0.857.